The molecule has 62 valence electrons. The molecule has 0 aliphatic carbocycles. The monoisotopic (exact) mass is 182 g/mol. The zero-order valence-electron chi connectivity index (χ0n) is 6.24. The van der Waals surface area contributed by atoms with E-state index in [9.17, 15) is 5.11 Å². The van der Waals surface area contributed by atoms with E-state index in [1.165, 1.54) is 6.20 Å². The highest BCUT2D eigenvalue weighted by Gasteiger charge is 2.06. The molecule has 0 unspecified atom stereocenters. The molecule has 0 bridgehead atoms. The van der Waals surface area contributed by atoms with Crippen molar-refractivity contribution >= 4 is 11.6 Å². The predicted molar refractivity (Wildman–Crippen MR) is 44.4 cm³/mol. The second kappa shape index (κ2) is 4.05. The lowest BCUT2D eigenvalue weighted by Gasteiger charge is -2.04. The van der Waals surface area contributed by atoms with Crippen molar-refractivity contribution in [3.8, 4) is 6.07 Å². The number of nitriles is 1. The fourth-order valence-corrected chi connectivity index (χ4v) is 0.900. The quantitative estimate of drug-likeness (QED) is 0.708. The Morgan fingerprint density at radius 1 is 1.67 bits per heavy atom. The third kappa shape index (κ3) is 2.19. The molecule has 1 atom stereocenters. The molecule has 3 nitrogen and oxygen atoms in total. The summed E-state index contributed by atoms with van der Waals surface area (Å²) in [6.45, 7) is 0. The molecule has 1 N–H and O–H groups in total. The van der Waals surface area contributed by atoms with Gasteiger partial charge in [-0.25, -0.2) is 4.98 Å². The van der Waals surface area contributed by atoms with Gasteiger partial charge in [0.15, 0.2) is 0 Å². The van der Waals surface area contributed by atoms with Crippen molar-refractivity contribution in [3.05, 3.63) is 29.0 Å². The van der Waals surface area contributed by atoms with Crippen molar-refractivity contribution in [2.45, 2.75) is 12.5 Å². The Hall–Kier alpha value is -1.11. The van der Waals surface area contributed by atoms with Crippen LogP contribution >= 0.6 is 11.6 Å². The lowest BCUT2D eigenvalue weighted by molar-refractivity contribution is 0.183. The summed E-state index contributed by atoms with van der Waals surface area (Å²) in [5.41, 5.74) is 0.612. The Morgan fingerprint density at radius 2 is 2.42 bits per heavy atom. The summed E-state index contributed by atoms with van der Waals surface area (Å²) in [6, 6.07) is 5.10. The first-order valence-corrected chi connectivity index (χ1v) is 3.78. The number of rotatable bonds is 2. The van der Waals surface area contributed by atoms with E-state index in [2.05, 4.69) is 4.98 Å². The van der Waals surface area contributed by atoms with E-state index in [-0.39, 0.29) is 6.42 Å². The number of pyridine rings is 1. The number of hydrogen-bond donors (Lipinski definition) is 1. The average molecular weight is 183 g/mol. The fourth-order valence-electron chi connectivity index (χ4n) is 0.789. The maximum atomic E-state index is 9.31. The number of hydrogen-bond acceptors (Lipinski definition) is 3. The second-order valence-corrected chi connectivity index (χ2v) is 2.68. The molecule has 0 amide bonds. The largest absolute Gasteiger partial charge is 0.387 e. The normalized spacial score (nSPS) is 12.1. The molecule has 1 aromatic rings. The average Bonchev–Trinajstić information content (AvgIpc) is 2.06. The van der Waals surface area contributed by atoms with Crippen molar-refractivity contribution in [2.24, 2.45) is 0 Å². The van der Waals surface area contributed by atoms with Crippen LogP contribution in [0.2, 0.25) is 5.15 Å². The zero-order valence-corrected chi connectivity index (χ0v) is 6.99. The minimum Gasteiger partial charge on any atom is -0.387 e. The molecule has 1 aromatic heterocycles. The number of halogens is 1. The zero-order chi connectivity index (χ0) is 8.97. The Kier molecular flexibility index (Phi) is 3.03. The highest BCUT2D eigenvalue weighted by Crippen LogP contribution is 2.15. The van der Waals surface area contributed by atoms with Crippen LogP contribution in [0.25, 0.3) is 0 Å². The SMILES string of the molecule is N#CC[C@H](O)c1ccc(Cl)nc1. The summed E-state index contributed by atoms with van der Waals surface area (Å²) in [4.78, 5) is 3.78. The molecular weight excluding hydrogens is 176 g/mol. The third-order valence-electron chi connectivity index (χ3n) is 1.42. The van der Waals surface area contributed by atoms with Crippen LogP contribution in [-0.4, -0.2) is 10.1 Å². The Labute approximate surface area is 75.2 Å². The molecule has 0 fully saturated rings. The summed E-state index contributed by atoms with van der Waals surface area (Å²) in [7, 11) is 0. The molecule has 0 aliphatic heterocycles. The Morgan fingerprint density at radius 3 is 2.92 bits per heavy atom. The number of aliphatic hydroxyl groups excluding tert-OH is 1. The second-order valence-electron chi connectivity index (χ2n) is 2.29. The first-order valence-electron chi connectivity index (χ1n) is 3.40. The van der Waals surface area contributed by atoms with Gasteiger partial charge in [0.1, 0.15) is 5.15 Å². The molecule has 1 rings (SSSR count). The lowest BCUT2D eigenvalue weighted by Crippen LogP contribution is -1.95. The van der Waals surface area contributed by atoms with E-state index in [4.69, 9.17) is 16.9 Å². The van der Waals surface area contributed by atoms with Crippen molar-refractivity contribution < 1.29 is 5.11 Å². The predicted octanol–water partition coefficient (Wildman–Crippen LogP) is 1.68. The highest BCUT2D eigenvalue weighted by molar-refractivity contribution is 6.29. The fraction of sp³-hybridized carbons (Fsp3) is 0.250. The molecule has 0 aliphatic rings. The van der Waals surface area contributed by atoms with E-state index in [0.717, 1.165) is 0 Å². The van der Waals surface area contributed by atoms with Gasteiger partial charge in [0, 0.05) is 6.20 Å². The minimum absolute atomic E-state index is 0.0727. The van der Waals surface area contributed by atoms with Gasteiger partial charge < -0.3 is 5.11 Å². The van der Waals surface area contributed by atoms with Crippen molar-refractivity contribution in [2.75, 3.05) is 0 Å². The Balaban J connectivity index is 2.76. The maximum absolute atomic E-state index is 9.31. The minimum atomic E-state index is -0.764. The van der Waals surface area contributed by atoms with E-state index in [1.807, 2.05) is 6.07 Å². The first kappa shape index (κ1) is 8.98. The molecule has 0 saturated heterocycles. The molecule has 0 spiro atoms. The van der Waals surface area contributed by atoms with Gasteiger partial charge in [0.05, 0.1) is 18.6 Å². The van der Waals surface area contributed by atoms with Crippen LogP contribution in [0.4, 0.5) is 0 Å². The van der Waals surface area contributed by atoms with E-state index >= 15 is 0 Å². The van der Waals surface area contributed by atoms with Gasteiger partial charge in [-0.15, -0.1) is 0 Å². The molecular formula is C8H7ClN2O. The third-order valence-corrected chi connectivity index (χ3v) is 1.64. The van der Waals surface area contributed by atoms with Crippen LogP contribution in [0.15, 0.2) is 18.3 Å². The summed E-state index contributed by atoms with van der Waals surface area (Å²) >= 11 is 5.54. The topological polar surface area (TPSA) is 56.9 Å². The van der Waals surface area contributed by atoms with Crippen LogP contribution in [-0.2, 0) is 0 Å². The van der Waals surface area contributed by atoms with Crippen LogP contribution < -0.4 is 0 Å². The maximum Gasteiger partial charge on any atom is 0.129 e. The summed E-state index contributed by atoms with van der Waals surface area (Å²) in [6.07, 6.45) is 0.771. The van der Waals surface area contributed by atoms with Crippen molar-refractivity contribution in [1.82, 2.24) is 4.98 Å². The molecule has 4 heteroatoms. The number of nitrogens with zero attached hydrogens (tertiary/aromatic N) is 2. The highest BCUT2D eigenvalue weighted by atomic mass is 35.5. The number of aliphatic hydroxyl groups is 1. The van der Waals surface area contributed by atoms with Crippen LogP contribution in [0.5, 0.6) is 0 Å². The molecule has 0 aromatic carbocycles. The van der Waals surface area contributed by atoms with Crippen LogP contribution in [0.1, 0.15) is 18.1 Å². The van der Waals surface area contributed by atoms with Gasteiger partial charge in [0.2, 0.25) is 0 Å². The lowest BCUT2D eigenvalue weighted by atomic mass is 10.1. The van der Waals surface area contributed by atoms with Crippen LogP contribution in [0.3, 0.4) is 0 Å². The summed E-state index contributed by atoms with van der Waals surface area (Å²) in [5, 5.41) is 18.0. The van der Waals surface area contributed by atoms with Gasteiger partial charge in [-0.1, -0.05) is 17.7 Å². The van der Waals surface area contributed by atoms with Crippen LogP contribution in [0, 0.1) is 11.3 Å². The van der Waals surface area contributed by atoms with Gasteiger partial charge >= 0.3 is 0 Å². The molecule has 12 heavy (non-hydrogen) atoms. The van der Waals surface area contributed by atoms with Gasteiger partial charge in [0.25, 0.3) is 0 Å². The van der Waals surface area contributed by atoms with Gasteiger partial charge in [-0.2, -0.15) is 5.26 Å². The summed E-state index contributed by atoms with van der Waals surface area (Å²) < 4.78 is 0. The van der Waals surface area contributed by atoms with Gasteiger partial charge in [-0.05, 0) is 11.6 Å². The smallest absolute Gasteiger partial charge is 0.129 e. The standard InChI is InChI=1S/C8H7ClN2O/c9-8-2-1-6(5-11-8)7(12)3-4-10/h1-2,5,7,12H,3H2/t7-/m0/s1. The van der Waals surface area contributed by atoms with Crippen molar-refractivity contribution in [1.29, 1.82) is 5.26 Å². The first-order chi connectivity index (χ1) is 5.74. The van der Waals surface area contributed by atoms with Gasteiger partial charge in [-0.3, -0.25) is 0 Å². The Bertz CT molecular complexity index is 291. The molecule has 1 heterocycles. The van der Waals surface area contributed by atoms with E-state index < -0.39 is 6.10 Å². The number of aromatic nitrogens is 1. The summed E-state index contributed by atoms with van der Waals surface area (Å²) in [5.74, 6) is 0. The van der Waals surface area contributed by atoms with Crippen molar-refractivity contribution in [3.63, 3.8) is 0 Å². The van der Waals surface area contributed by atoms with E-state index in [0.29, 0.717) is 10.7 Å². The molecule has 0 radical (unpaired) electrons. The molecule has 0 saturated carbocycles. The van der Waals surface area contributed by atoms with E-state index in [1.54, 1.807) is 12.1 Å².